The van der Waals surface area contributed by atoms with Crippen LogP contribution in [0.5, 0.6) is 0 Å². The second-order valence-corrected chi connectivity index (χ2v) is 3.85. The number of fused-ring (bicyclic) bond motifs is 1. The first kappa shape index (κ1) is 8.79. The van der Waals surface area contributed by atoms with Crippen LogP contribution in [0.1, 0.15) is 44.0 Å². The number of hydrogen-bond donors (Lipinski definition) is 0. The van der Waals surface area contributed by atoms with Crippen molar-refractivity contribution in [2.45, 2.75) is 46.0 Å². The normalized spacial score (nSPS) is 21.5. The van der Waals surface area contributed by atoms with E-state index >= 15 is 0 Å². The molecule has 1 unspecified atom stereocenters. The van der Waals surface area contributed by atoms with E-state index in [4.69, 9.17) is 4.42 Å². The van der Waals surface area contributed by atoms with Crippen LogP contribution in [0.15, 0.2) is 4.42 Å². The highest BCUT2D eigenvalue weighted by molar-refractivity contribution is 5.14. The second kappa shape index (κ2) is 3.52. The summed E-state index contributed by atoms with van der Waals surface area (Å²) in [5.41, 5.74) is 1.23. The lowest BCUT2D eigenvalue weighted by Crippen LogP contribution is -2.12. The molecule has 1 aliphatic rings. The van der Waals surface area contributed by atoms with Gasteiger partial charge in [0.2, 0.25) is 0 Å². The van der Waals surface area contributed by atoms with Crippen LogP contribution in [-0.2, 0) is 19.3 Å². The fourth-order valence-corrected chi connectivity index (χ4v) is 2.00. The van der Waals surface area contributed by atoms with E-state index in [-0.39, 0.29) is 0 Å². The van der Waals surface area contributed by atoms with E-state index in [2.05, 4.69) is 18.8 Å². The molecule has 2 heteroatoms. The molecule has 0 aromatic carbocycles. The molecule has 0 bridgehead atoms. The van der Waals surface area contributed by atoms with Crippen molar-refractivity contribution in [3.63, 3.8) is 0 Å². The topological polar surface area (TPSA) is 26.0 Å². The summed E-state index contributed by atoms with van der Waals surface area (Å²) in [6, 6.07) is 0. The van der Waals surface area contributed by atoms with Gasteiger partial charge in [-0.25, -0.2) is 4.98 Å². The van der Waals surface area contributed by atoms with E-state index in [0.29, 0.717) is 0 Å². The molecule has 2 nitrogen and oxygen atoms in total. The summed E-state index contributed by atoms with van der Waals surface area (Å²) in [5, 5.41) is 0. The molecule has 0 saturated heterocycles. The third-order valence-electron chi connectivity index (χ3n) is 2.96. The number of nitrogens with zero attached hydrogens (tertiary/aromatic N) is 1. The lowest BCUT2D eigenvalue weighted by Gasteiger charge is -2.17. The van der Waals surface area contributed by atoms with Crippen LogP contribution in [-0.4, -0.2) is 4.98 Å². The maximum absolute atomic E-state index is 5.64. The number of aromatic nitrogens is 1. The van der Waals surface area contributed by atoms with Gasteiger partial charge in [-0.05, 0) is 18.8 Å². The van der Waals surface area contributed by atoms with E-state index in [9.17, 15) is 0 Å². The van der Waals surface area contributed by atoms with Gasteiger partial charge < -0.3 is 4.42 Å². The Balaban J connectivity index is 2.19. The number of aryl methyl sites for hydroxylation is 2. The van der Waals surface area contributed by atoms with E-state index < -0.39 is 0 Å². The summed E-state index contributed by atoms with van der Waals surface area (Å²) >= 11 is 0. The third-order valence-corrected chi connectivity index (χ3v) is 2.96. The molecule has 0 N–H and O–H groups in total. The van der Waals surface area contributed by atoms with Gasteiger partial charge in [-0.2, -0.15) is 0 Å². The Labute approximate surface area is 79.4 Å². The van der Waals surface area contributed by atoms with Crippen molar-refractivity contribution < 1.29 is 4.42 Å². The monoisotopic (exact) mass is 179 g/mol. The maximum atomic E-state index is 5.64. The fourth-order valence-electron chi connectivity index (χ4n) is 2.00. The number of rotatable bonds is 2. The van der Waals surface area contributed by atoms with Crippen molar-refractivity contribution in [3.05, 3.63) is 17.3 Å². The molecule has 2 rings (SSSR count). The molecule has 0 aliphatic heterocycles. The van der Waals surface area contributed by atoms with Gasteiger partial charge in [-0.15, -0.1) is 0 Å². The molecule has 0 saturated carbocycles. The quantitative estimate of drug-likeness (QED) is 0.697. The molecule has 0 radical (unpaired) electrons. The fraction of sp³-hybridized carbons (Fsp3) is 0.727. The van der Waals surface area contributed by atoms with Gasteiger partial charge in [0.15, 0.2) is 5.89 Å². The van der Waals surface area contributed by atoms with Crippen LogP contribution in [0.3, 0.4) is 0 Å². The Kier molecular flexibility index (Phi) is 2.38. The minimum absolute atomic E-state index is 0.835. The van der Waals surface area contributed by atoms with Crippen molar-refractivity contribution in [2.75, 3.05) is 0 Å². The van der Waals surface area contributed by atoms with Gasteiger partial charge in [-0.3, -0.25) is 0 Å². The first-order chi connectivity index (χ1) is 6.33. The van der Waals surface area contributed by atoms with Gasteiger partial charge in [0.1, 0.15) is 5.76 Å². The predicted molar refractivity (Wildman–Crippen MR) is 51.7 cm³/mol. The summed E-state index contributed by atoms with van der Waals surface area (Å²) in [6.45, 7) is 4.35. The average molecular weight is 179 g/mol. The van der Waals surface area contributed by atoms with Crippen molar-refractivity contribution in [1.82, 2.24) is 4.98 Å². The first-order valence-corrected chi connectivity index (χ1v) is 5.31. The predicted octanol–water partition coefficient (Wildman–Crippen LogP) is 2.75. The van der Waals surface area contributed by atoms with Gasteiger partial charge in [0, 0.05) is 12.8 Å². The smallest absolute Gasteiger partial charge is 0.194 e. The van der Waals surface area contributed by atoms with Gasteiger partial charge in [0.05, 0.1) is 5.69 Å². The third kappa shape index (κ3) is 1.62. The Morgan fingerprint density at radius 3 is 3.00 bits per heavy atom. The van der Waals surface area contributed by atoms with Gasteiger partial charge in [0.25, 0.3) is 0 Å². The highest BCUT2D eigenvalue weighted by atomic mass is 16.4. The Hall–Kier alpha value is -0.790. The largest absolute Gasteiger partial charge is 0.445 e. The van der Waals surface area contributed by atoms with E-state index in [0.717, 1.165) is 36.8 Å². The van der Waals surface area contributed by atoms with Crippen molar-refractivity contribution >= 4 is 0 Å². The summed E-state index contributed by atoms with van der Waals surface area (Å²) in [6.07, 6.45) is 5.70. The first-order valence-electron chi connectivity index (χ1n) is 5.31. The molecular weight excluding hydrogens is 162 g/mol. The molecule has 0 spiro atoms. The van der Waals surface area contributed by atoms with Crippen molar-refractivity contribution in [3.8, 4) is 0 Å². The molecule has 0 fully saturated rings. The molecule has 0 amide bonds. The van der Waals surface area contributed by atoms with Crippen LogP contribution >= 0.6 is 0 Å². The second-order valence-electron chi connectivity index (χ2n) is 3.85. The van der Waals surface area contributed by atoms with Gasteiger partial charge >= 0.3 is 0 Å². The molecule has 1 aliphatic carbocycles. The number of hydrogen-bond acceptors (Lipinski definition) is 2. The lowest BCUT2D eigenvalue weighted by molar-refractivity contribution is 0.386. The van der Waals surface area contributed by atoms with Crippen LogP contribution in [0.2, 0.25) is 0 Å². The maximum Gasteiger partial charge on any atom is 0.194 e. The van der Waals surface area contributed by atoms with E-state index in [1.54, 1.807) is 0 Å². The zero-order valence-electron chi connectivity index (χ0n) is 8.47. The zero-order chi connectivity index (χ0) is 9.26. The highest BCUT2D eigenvalue weighted by Gasteiger charge is 2.22. The standard InChI is InChI=1S/C11H17NO/c1-3-8-5-6-10-9(7-8)12-11(4-2)13-10/h8H,3-7H2,1-2H3. The zero-order valence-corrected chi connectivity index (χ0v) is 8.47. The summed E-state index contributed by atoms with van der Waals surface area (Å²) in [7, 11) is 0. The highest BCUT2D eigenvalue weighted by Crippen LogP contribution is 2.27. The van der Waals surface area contributed by atoms with Crippen LogP contribution in [0.25, 0.3) is 0 Å². The molecule has 1 heterocycles. The Morgan fingerprint density at radius 1 is 1.46 bits per heavy atom. The Morgan fingerprint density at radius 2 is 2.31 bits per heavy atom. The molecular formula is C11H17NO. The average Bonchev–Trinajstić information content (AvgIpc) is 2.58. The number of oxazole rings is 1. The van der Waals surface area contributed by atoms with Crippen LogP contribution in [0, 0.1) is 5.92 Å². The van der Waals surface area contributed by atoms with E-state index in [1.807, 2.05) is 0 Å². The summed E-state index contributed by atoms with van der Waals surface area (Å²) in [5.74, 6) is 2.91. The summed E-state index contributed by atoms with van der Waals surface area (Å²) in [4.78, 5) is 4.50. The molecule has 72 valence electrons. The molecule has 13 heavy (non-hydrogen) atoms. The molecule has 1 aromatic rings. The molecule has 1 aromatic heterocycles. The SMILES string of the molecule is CCc1nc2c(o1)CCC(CC)C2. The minimum Gasteiger partial charge on any atom is -0.445 e. The van der Waals surface area contributed by atoms with Crippen LogP contribution in [0.4, 0.5) is 0 Å². The lowest BCUT2D eigenvalue weighted by atomic mass is 9.88. The van der Waals surface area contributed by atoms with E-state index in [1.165, 1.54) is 18.5 Å². The molecule has 1 atom stereocenters. The summed E-state index contributed by atoms with van der Waals surface area (Å²) < 4.78 is 5.64. The minimum atomic E-state index is 0.835. The van der Waals surface area contributed by atoms with Crippen molar-refractivity contribution in [1.29, 1.82) is 0 Å². The van der Waals surface area contributed by atoms with Gasteiger partial charge in [-0.1, -0.05) is 20.3 Å². The Bertz CT molecular complexity index is 290. The van der Waals surface area contributed by atoms with Crippen LogP contribution < -0.4 is 0 Å². The van der Waals surface area contributed by atoms with Crippen molar-refractivity contribution in [2.24, 2.45) is 5.92 Å².